The van der Waals surface area contributed by atoms with E-state index in [0.29, 0.717) is 0 Å². The van der Waals surface area contributed by atoms with Crippen molar-refractivity contribution in [2.75, 3.05) is 0 Å². The molecule has 0 atom stereocenters. The quantitative estimate of drug-likeness (QED) is 0.722. The minimum atomic E-state index is 0.105. The van der Waals surface area contributed by atoms with Crippen LogP contribution in [0.3, 0.4) is 0 Å². The summed E-state index contributed by atoms with van der Waals surface area (Å²) in [6.45, 7) is 1.58. The van der Waals surface area contributed by atoms with E-state index >= 15 is 0 Å². The van der Waals surface area contributed by atoms with Crippen LogP contribution in [0, 0.1) is 0 Å². The van der Waals surface area contributed by atoms with E-state index in [9.17, 15) is 4.79 Å². The molecule has 0 saturated heterocycles. The molecule has 1 nitrogen and oxygen atoms in total. The van der Waals surface area contributed by atoms with Crippen molar-refractivity contribution in [3.05, 3.63) is 57.8 Å². The molecule has 0 unspecified atom stereocenters. The van der Waals surface area contributed by atoms with E-state index in [1.807, 2.05) is 30.3 Å². The van der Waals surface area contributed by atoms with Gasteiger partial charge in [-0.25, -0.2) is 0 Å². The van der Waals surface area contributed by atoms with Crippen molar-refractivity contribution in [3.63, 3.8) is 0 Å². The van der Waals surface area contributed by atoms with Crippen LogP contribution in [0.2, 0.25) is 0 Å². The van der Waals surface area contributed by atoms with Crippen LogP contribution >= 0.6 is 11.3 Å². The monoisotopic (exact) mass is 228 g/mol. The summed E-state index contributed by atoms with van der Waals surface area (Å²) in [4.78, 5) is 12.3. The lowest BCUT2D eigenvalue weighted by Crippen LogP contribution is -1.90. The first-order chi connectivity index (χ1) is 7.75. The van der Waals surface area contributed by atoms with Crippen molar-refractivity contribution in [2.24, 2.45) is 0 Å². The summed E-state index contributed by atoms with van der Waals surface area (Å²) in [7, 11) is 0. The normalized spacial score (nSPS) is 10.8. The van der Waals surface area contributed by atoms with E-state index in [0.717, 1.165) is 11.1 Å². The molecule has 0 N–H and O–H groups in total. The Bertz CT molecular complexity index is 492. The molecule has 0 aliphatic rings. The molecule has 1 aromatic heterocycles. The van der Waals surface area contributed by atoms with Gasteiger partial charge in [0.05, 0.1) is 0 Å². The van der Waals surface area contributed by atoms with Gasteiger partial charge in [0, 0.05) is 10.4 Å². The van der Waals surface area contributed by atoms with Gasteiger partial charge in [0.2, 0.25) is 0 Å². The predicted octanol–water partition coefficient (Wildman–Crippen LogP) is 4.12. The Hall–Kier alpha value is -1.67. The van der Waals surface area contributed by atoms with E-state index in [2.05, 4.69) is 23.6 Å². The highest BCUT2D eigenvalue weighted by atomic mass is 32.1. The van der Waals surface area contributed by atoms with Crippen molar-refractivity contribution in [1.29, 1.82) is 0 Å². The number of hydrogen-bond acceptors (Lipinski definition) is 2. The molecule has 0 amide bonds. The van der Waals surface area contributed by atoms with Crippen LogP contribution in [0.1, 0.15) is 27.7 Å². The van der Waals surface area contributed by atoms with Gasteiger partial charge < -0.3 is 0 Å². The molecule has 0 saturated carbocycles. The van der Waals surface area contributed by atoms with Crippen LogP contribution in [-0.2, 0) is 0 Å². The smallest absolute Gasteiger partial charge is 0.159 e. The molecule has 0 spiro atoms. The van der Waals surface area contributed by atoms with Gasteiger partial charge in [-0.2, -0.15) is 0 Å². The van der Waals surface area contributed by atoms with Gasteiger partial charge in [0.25, 0.3) is 0 Å². The molecule has 1 heterocycles. The summed E-state index contributed by atoms with van der Waals surface area (Å²) in [6, 6.07) is 11.7. The van der Waals surface area contributed by atoms with Crippen molar-refractivity contribution in [3.8, 4) is 0 Å². The third-order valence-electron chi connectivity index (χ3n) is 2.30. The predicted molar refractivity (Wildman–Crippen MR) is 69.7 cm³/mol. The summed E-state index contributed by atoms with van der Waals surface area (Å²) in [6.07, 6.45) is 4.13. The second-order valence-electron chi connectivity index (χ2n) is 3.53. The number of Topliss-reactive ketones (excluding diaryl/α,β-unsaturated/α-hetero) is 1. The Labute approximate surface area is 99.1 Å². The van der Waals surface area contributed by atoms with Gasteiger partial charge in [-0.05, 0) is 30.0 Å². The Morgan fingerprint density at radius 3 is 2.44 bits per heavy atom. The minimum absolute atomic E-state index is 0.105. The summed E-state index contributed by atoms with van der Waals surface area (Å²) in [5, 5.41) is 2.05. The molecule has 1 aromatic carbocycles. The number of carbonyl (C=O) groups excluding carboxylic acids is 1. The number of benzene rings is 1. The standard InChI is InChI=1S/C14H12OS/c1-11(15)13-7-4-12(5-8-13)6-9-14-3-2-10-16-14/h2-10H,1H3. The Morgan fingerprint density at radius 2 is 1.88 bits per heavy atom. The molecular weight excluding hydrogens is 216 g/mol. The van der Waals surface area contributed by atoms with E-state index in [-0.39, 0.29) is 5.78 Å². The second kappa shape index (κ2) is 4.90. The maximum absolute atomic E-state index is 11.1. The Balaban J connectivity index is 2.14. The third-order valence-corrected chi connectivity index (χ3v) is 3.14. The number of carbonyl (C=O) groups is 1. The molecule has 16 heavy (non-hydrogen) atoms. The van der Waals surface area contributed by atoms with Crippen LogP contribution in [0.5, 0.6) is 0 Å². The summed E-state index contributed by atoms with van der Waals surface area (Å²) >= 11 is 1.71. The van der Waals surface area contributed by atoms with Gasteiger partial charge in [-0.1, -0.05) is 36.4 Å². The zero-order valence-corrected chi connectivity index (χ0v) is 9.83. The van der Waals surface area contributed by atoms with Gasteiger partial charge >= 0.3 is 0 Å². The highest BCUT2D eigenvalue weighted by Crippen LogP contribution is 2.13. The molecule has 0 radical (unpaired) electrons. The molecule has 0 bridgehead atoms. The molecule has 0 fully saturated rings. The first kappa shape index (κ1) is 10.8. The van der Waals surface area contributed by atoms with E-state index in [1.165, 1.54) is 4.88 Å². The molecule has 2 rings (SSSR count). The van der Waals surface area contributed by atoms with Crippen LogP contribution in [-0.4, -0.2) is 5.78 Å². The van der Waals surface area contributed by atoms with Crippen molar-refractivity contribution in [1.82, 2.24) is 0 Å². The van der Waals surface area contributed by atoms with Crippen LogP contribution in [0.25, 0.3) is 12.2 Å². The summed E-state index contributed by atoms with van der Waals surface area (Å²) in [5.41, 5.74) is 1.87. The van der Waals surface area contributed by atoms with E-state index in [4.69, 9.17) is 0 Å². The first-order valence-corrected chi connectivity index (χ1v) is 5.96. The fourth-order valence-electron chi connectivity index (χ4n) is 1.39. The van der Waals surface area contributed by atoms with Crippen LogP contribution in [0.15, 0.2) is 41.8 Å². The highest BCUT2D eigenvalue weighted by molar-refractivity contribution is 7.10. The van der Waals surface area contributed by atoms with Gasteiger partial charge in [0.15, 0.2) is 5.78 Å². The molecule has 0 aliphatic heterocycles. The maximum Gasteiger partial charge on any atom is 0.159 e. The lowest BCUT2D eigenvalue weighted by molar-refractivity contribution is 0.101. The highest BCUT2D eigenvalue weighted by Gasteiger charge is 1.96. The SMILES string of the molecule is CC(=O)c1ccc(C=Cc2cccs2)cc1. The fraction of sp³-hybridized carbons (Fsp3) is 0.0714. The van der Waals surface area contributed by atoms with Crippen molar-refractivity contribution < 1.29 is 4.79 Å². The topological polar surface area (TPSA) is 17.1 Å². The summed E-state index contributed by atoms with van der Waals surface area (Å²) in [5.74, 6) is 0.105. The average Bonchev–Trinajstić information content (AvgIpc) is 2.80. The van der Waals surface area contributed by atoms with Gasteiger partial charge in [-0.3, -0.25) is 4.79 Å². The fourth-order valence-corrected chi connectivity index (χ4v) is 2.01. The number of hydrogen-bond donors (Lipinski definition) is 0. The van der Waals surface area contributed by atoms with Crippen molar-refractivity contribution in [2.45, 2.75) is 6.92 Å². The van der Waals surface area contributed by atoms with Gasteiger partial charge in [0.1, 0.15) is 0 Å². The Morgan fingerprint density at radius 1 is 1.12 bits per heavy atom. The molecule has 80 valence electrons. The number of ketones is 1. The number of thiophene rings is 1. The molecule has 2 aromatic rings. The molecule has 2 heteroatoms. The Kier molecular flexibility index (Phi) is 3.32. The van der Waals surface area contributed by atoms with Crippen molar-refractivity contribution >= 4 is 29.3 Å². The van der Waals surface area contributed by atoms with E-state index in [1.54, 1.807) is 18.3 Å². The number of rotatable bonds is 3. The third kappa shape index (κ3) is 2.67. The lowest BCUT2D eigenvalue weighted by atomic mass is 10.1. The first-order valence-electron chi connectivity index (χ1n) is 5.08. The van der Waals surface area contributed by atoms with Gasteiger partial charge in [-0.15, -0.1) is 11.3 Å². The zero-order valence-electron chi connectivity index (χ0n) is 9.01. The average molecular weight is 228 g/mol. The van der Waals surface area contributed by atoms with Crippen LogP contribution < -0.4 is 0 Å². The van der Waals surface area contributed by atoms with Crippen LogP contribution in [0.4, 0.5) is 0 Å². The largest absolute Gasteiger partial charge is 0.295 e. The molecular formula is C14H12OS. The van der Waals surface area contributed by atoms with E-state index < -0.39 is 0 Å². The maximum atomic E-state index is 11.1. The summed E-state index contributed by atoms with van der Waals surface area (Å²) < 4.78 is 0. The lowest BCUT2D eigenvalue weighted by Gasteiger charge is -1.96. The zero-order chi connectivity index (χ0) is 11.4. The minimum Gasteiger partial charge on any atom is -0.295 e. The second-order valence-corrected chi connectivity index (χ2v) is 4.51. The molecule has 0 aliphatic carbocycles.